The highest BCUT2D eigenvalue weighted by molar-refractivity contribution is 5.93. The van der Waals surface area contributed by atoms with Gasteiger partial charge in [0, 0.05) is 0 Å². The number of carbonyl (C=O) groups excluding carboxylic acids is 1. The molecule has 0 N–H and O–H groups in total. The zero-order valence-corrected chi connectivity index (χ0v) is 11.9. The number of aryl methyl sites for hydroxylation is 1. The van der Waals surface area contributed by atoms with Crippen LogP contribution in [0, 0.1) is 6.92 Å². The number of hydrogen-bond donors (Lipinski definition) is 0. The zero-order valence-electron chi connectivity index (χ0n) is 11.9. The summed E-state index contributed by atoms with van der Waals surface area (Å²) in [5.74, 6) is 0.699. The molecule has 5 nitrogen and oxygen atoms in total. The van der Waals surface area contributed by atoms with E-state index in [0.717, 1.165) is 11.1 Å². The summed E-state index contributed by atoms with van der Waals surface area (Å²) in [6.45, 7) is 7.31. The standard InChI is InChI=1S/C14H18N2O3/c1-9-12-10(7-6-8-11(12)18-5)16(15-9)13(17)19-14(2,3)4/h6-8H,1-5H3. The summed E-state index contributed by atoms with van der Waals surface area (Å²) in [7, 11) is 1.60. The number of aromatic nitrogens is 2. The van der Waals surface area contributed by atoms with Crippen molar-refractivity contribution in [3.05, 3.63) is 23.9 Å². The van der Waals surface area contributed by atoms with Crippen molar-refractivity contribution in [3.63, 3.8) is 0 Å². The van der Waals surface area contributed by atoms with Crippen LogP contribution in [-0.2, 0) is 4.74 Å². The first-order chi connectivity index (χ1) is 8.83. The molecule has 0 amide bonds. The summed E-state index contributed by atoms with van der Waals surface area (Å²) in [6.07, 6.45) is -0.487. The molecule has 0 radical (unpaired) electrons. The molecule has 0 aliphatic rings. The third kappa shape index (κ3) is 2.54. The van der Waals surface area contributed by atoms with Crippen LogP contribution < -0.4 is 4.74 Å². The van der Waals surface area contributed by atoms with Gasteiger partial charge in [0.15, 0.2) is 0 Å². The first-order valence-corrected chi connectivity index (χ1v) is 6.09. The lowest BCUT2D eigenvalue weighted by Gasteiger charge is -2.19. The fourth-order valence-corrected chi connectivity index (χ4v) is 1.93. The first kappa shape index (κ1) is 13.4. The van der Waals surface area contributed by atoms with Crippen molar-refractivity contribution in [2.45, 2.75) is 33.3 Å². The number of fused-ring (bicyclic) bond motifs is 1. The number of hydrogen-bond acceptors (Lipinski definition) is 4. The van der Waals surface area contributed by atoms with Gasteiger partial charge in [0.25, 0.3) is 0 Å². The molecular formula is C14H18N2O3. The third-order valence-electron chi connectivity index (χ3n) is 2.63. The van der Waals surface area contributed by atoms with E-state index in [-0.39, 0.29) is 0 Å². The highest BCUT2D eigenvalue weighted by Crippen LogP contribution is 2.28. The summed E-state index contributed by atoms with van der Waals surface area (Å²) >= 11 is 0. The van der Waals surface area contributed by atoms with E-state index < -0.39 is 11.7 Å². The zero-order chi connectivity index (χ0) is 14.2. The van der Waals surface area contributed by atoms with Crippen LogP contribution in [0.15, 0.2) is 18.2 Å². The second-order valence-corrected chi connectivity index (χ2v) is 5.33. The molecule has 5 heteroatoms. The lowest BCUT2D eigenvalue weighted by atomic mass is 10.2. The Morgan fingerprint density at radius 2 is 2.00 bits per heavy atom. The molecule has 1 heterocycles. The number of rotatable bonds is 1. The maximum Gasteiger partial charge on any atom is 0.435 e. The van der Waals surface area contributed by atoms with Gasteiger partial charge in [-0.25, -0.2) is 4.79 Å². The molecule has 0 bridgehead atoms. The Morgan fingerprint density at radius 3 is 2.58 bits per heavy atom. The van der Waals surface area contributed by atoms with E-state index in [0.29, 0.717) is 11.3 Å². The largest absolute Gasteiger partial charge is 0.496 e. The van der Waals surface area contributed by atoms with Gasteiger partial charge in [-0.15, -0.1) is 0 Å². The van der Waals surface area contributed by atoms with Crippen LogP contribution in [0.25, 0.3) is 10.9 Å². The van der Waals surface area contributed by atoms with Gasteiger partial charge in [-0.2, -0.15) is 9.78 Å². The summed E-state index contributed by atoms with van der Waals surface area (Å²) < 4.78 is 11.9. The van der Waals surface area contributed by atoms with Crippen molar-refractivity contribution in [2.75, 3.05) is 7.11 Å². The van der Waals surface area contributed by atoms with Crippen molar-refractivity contribution in [3.8, 4) is 5.75 Å². The highest BCUT2D eigenvalue weighted by atomic mass is 16.6. The number of nitrogens with zero attached hydrogens (tertiary/aromatic N) is 2. The average molecular weight is 262 g/mol. The predicted molar refractivity (Wildman–Crippen MR) is 72.7 cm³/mol. The van der Waals surface area contributed by atoms with E-state index in [1.807, 2.05) is 45.9 Å². The van der Waals surface area contributed by atoms with Gasteiger partial charge < -0.3 is 9.47 Å². The monoisotopic (exact) mass is 262 g/mol. The second kappa shape index (κ2) is 4.57. The lowest BCUT2D eigenvalue weighted by Crippen LogP contribution is -2.27. The topological polar surface area (TPSA) is 53.4 Å². The molecule has 2 rings (SSSR count). The van der Waals surface area contributed by atoms with Crippen molar-refractivity contribution in [1.29, 1.82) is 0 Å². The van der Waals surface area contributed by atoms with Crippen LogP contribution in [0.2, 0.25) is 0 Å². The minimum absolute atomic E-state index is 0.487. The Labute approximate surface area is 112 Å². The second-order valence-electron chi connectivity index (χ2n) is 5.33. The molecule has 0 saturated heterocycles. The van der Waals surface area contributed by atoms with Crippen LogP contribution >= 0.6 is 0 Å². The number of ether oxygens (including phenoxy) is 2. The third-order valence-corrected chi connectivity index (χ3v) is 2.63. The molecule has 0 spiro atoms. The molecule has 0 aliphatic heterocycles. The average Bonchev–Trinajstić information content (AvgIpc) is 2.65. The van der Waals surface area contributed by atoms with Gasteiger partial charge >= 0.3 is 6.09 Å². The SMILES string of the molecule is COc1cccc2c1c(C)nn2C(=O)OC(C)(C)C. The van der Waals surface area contributed by atoms with E-state index in [2.05, 4.69) is 5.10 Å². The Morgan fingerprint density at radius 1 is 1.32 bits per heavy atom. The normalized spacial score (nSPS) is 11.6. The lowest BCUT2D eigenvalue weighted by molar-refractivity contribution is 0.0522. The maximum absolute atomic E-state index is 12.1. The van der Waals surface area contributed by atoms with E-state index >= 15 is 0 Å². The molecule has 2 aromatic rings. The van der Waals surface area contributed by atoms with Gasteiger partial charge in [-0.1, -0.05) is 6.07 Å². The summed E-state index contributed by atoms with van der Waals surface area (Å²) in [6, 6.07) is 5.49. The van der Waals surface area contributed by atoms with E-state index in [4.69, 9.17) is 9.47 Å². The smallest absolute Gasteiger partial charge is 0.435 e. The molecule has 0 aliphatic carbocycles. The predicted octanol–water partition coefficient (Wildman–Crippen LogP) is 3.14. The summed E-state index contributed by atoms with van der Waals surface area (Å²) in [5, 5.41) is 5.07. The van der Waals surface area contributed by atoms with Crippen LogP contribution in [0.5, 0.6) is 5.75 Å². The van der Waals surface area contributed by atoms with Crippen LogP contribution in [-0.4, -0.2) is 28.6 Å². The van der Waals surface area contributed by atoms with Gasteiger partial charge in [-0.05, 0) is 39.8 Å². The van der Waals surface area contributed by atoms with Gasteiger partial charge in [-0.3, -0.25) is 0 Å². The molecule has 0 fully saturated rings. The minimum atomic E-state index is -0.553. The Kier molecular flexibility index (Phi) is 3.22. The summed E-state index contributed by atoms with van der Waals surface area (Å²) in [4.78, 5) is 12.1. The number of carbonyl (C=O) groups is 1. The number of methoxy groups -OCH3 is 1. The van der Waals surface area contributed by atoms with Crippen molar-refractivity contribution < 1.29 is 14.3 Å². The quantitative estimate of drug-likeness (QED) is 0.792. The first-order valence-electron chi connectivity index (χ1n) is 6.09. The van der Waals surface area contributed by atoms with Gasteiger partial charge in [0.2, 0.25) is 0 Å². The molecule has 0 atom stereocenters. The Bertz CT molecular complexity index is 623. The molecule has 1 aromatic carbocycles. The number of benzene rings is 1. The molecule has 1 aromatic heterocycles. The van der Waals surface area contributed by atoms with Crippen molar-refractivity contribution in [2.24, 2.45) is 0 Å². The van der Waals surface area contributed by atoms with Crippen molar-refractivity contribution in [1.82, 2.24) is 9.78 Å². The molecule has 0 unspecified atom stereocenters. The fraction of sp³-hybridized carbons (Fsp3) is 0.429. The highest BCUT2D eigenvalue weighted by Gasteiger charge is 2.22. The van der Waals surface area contributed by atoms with E-state index in [9.17, 15) is 4.79 Å². The van der Waals surface area contributed by atoms with Crippen molar-refractivity contribution >= 4 is 17.0 Å². The van der Waals surface area contributed by atoms with Crippen LogP contribution in [0.1, 0.15) is 26.5 Å². The molecule has 0 saturated carbocycles. The van der Waals surface area contributed by atoms with Crippen LogP contribution in [0.4, 0.5) is 4.79 Å². The molecule has 19 heavy (non-hydrogen) atoms. The van der Waals surface area contributed by atoms with E-state index in [1.165, 1.54) is 4.68 Å². The van der Waals surface area contributed by atoms with E-state index in [1.54, 1.807) is 7.11 Å². The molecule has 102 valence electrons. The van der Waals surface area contributed by atoms with Crippen LogP contribution in [0.3, 0.4) is 0 Å². The fourth-order valence-electron chi connectivity index (χ4n) is 1.93. The Hall–Kier alpha value is -2.04. The van der Waals surface area contributed by atoms with Gasteiger partial charge in [0.1, 0.15) is 11.4 Å². The summed E-state index contributed by atoms with van der Waals surface area (Å²) in [5.41, 5.74) is 0.867. The Balaban J connectivity index is 2.54. The minimum Gasteiger partial charge on any atom is -0.496 e. The maximum atomic E-state index is 12.1. The van der Waals surface area contributed by atoms with Gasteiger partial charge in [0.05, 0.1) is 23.7 Å². The molecular weight excluding hydrogens is 244 g/mol.